The number of halogens is 1. The molecule has 1 aromatic rings. The van der Waals surface area contributed by atoms with Crippen LogP contribution in [0, 0.1) is 0 Å². The molecule has 0 bridgehead atoms. The smallest absolute Gasteiger partial charge is 0.239 e. The van der Waals surface area contributed by atoms with E-state index in [0.29, 0.717) is 19.6 Å². The van der Waals surface area contributed by atoms with Crippen molar-refractivity contribution < 1.29 is 9.59 Å². The second-order valence-corrected chi connectivity index (χ2v) is 6.28. The fourth-order valence-corrected chi connectivity index (χ4v) is 3.33. The predicted octanol–water partition coefficient (Wildman–Crippen LogP) is 1.44. The number of hydrogen-bond acceptors (Lipinski definition) is 3. The first-order chi connectivity index (χ1) is 10.6. The average Bonchev–Trinajstić information content (AvgIpc) is 2.96. The Bertz CT molecular complexity index is 561. The Balaban J connectivity index is 1.64. The normalized spacial score (nSPS) is 22.7. The van der Waals surface area contributed by atoms with Crippen molar-refractivity contribution in [3.05, 3.63) is 34.9 Å². The van der Waals surface area contributed by atoms with Gasteiger partial charge in [-0.1, -0.05) is 23.7 Å². The second-order valence-electron chi connectivity index (χ2n) is 5.85. The topological polar surface area (TPSA) is 52.7 Å². The number of likely N-dealkylation sites (tertiary alicyclic amines) is 1. The number of benzene rings is 1. The van der Waals surface area contributed by atoms with E-state index >= 15 is 0 Å². The van der Waals surface area contributed by atoms with Crippen LogP contribution in [0.1, 0.15) is 24.4 Å². The maximum absolute atomic E-state index is 12.4. The molecule has 0 radical (unpaired) electrons. The summed E-state index contributed by atoms with van der Waals surface area (Å²) in [4.78, 5) is 27.7. The van der Waals surface area contributed by atoms with Gasteiger partial charge < -0.3 is 10.2 Å². The van der Waals surface area contributed by atoms with Crippen LogP contribution in [0.3, 0.4) is 0 Å². The third-order valence-electron chi connectivity index (χ3n) is 4.35. The first kappa shape index (κ1) is 15.3. The monoisotopic (exact) mass is 321 g/mol. The van der Waals surface area contributed by atoms with Gasteiger partial charge in [0.05, 0.1) is 13.1 Å². The van der Waals surface area contributed by atoms with Crippen LogP contribution < -0.4 is 5.32 Å². The van der Waals surface area contributed by atoms with Crippen LogP contribution in [-0.2, 0) is 9.59 Å². The second kappa shape index (κ2) is 6.67. The summed E-state index contributed by atoms with van der Waals surface area (Å²) in [5, 5.41) is 3.47. The van der Waals surface area contributed by atoms with E-state index in [2.05, 4.69) is 10.2 Å². The van der Waals surface area contributed by atoms with Gasteiger partial charge in [0.15, 0.2) is 0 Å². The third kappa shape index (κ3) is 3.42. The number of nitrogens with one attached hydrogen (secondary N) is 1. The molecule has 1 N–H and O–H groups in total. The highest BCUT2D eigenvalue weighted by atomic mass is 35.5. The summed E-state index contributed by atoms with van der Waals surface area (Å²) in [6.07, 6.45) is 2.14. The molecule has 2 amide bonds. The van der Waals surface area contributed by atoms with E-state index in [0.717, 1.165) is 24.4 Å². The highest BCUT2D eigenvalue weighted by Crippen LogP contribution is 2.32. The third-order valence-corrected chi connectivity index (χ3v) is 4.60. The van der Waals surface area contributed by atoms with Gasteiger partial charge in [-0.15, -0.1) is 0 Å². The minimum absolute atomic E-state index is 0.0377. The fraction of sp³-hybridized carbons (Fsp3) is 0.500. The summed E-state index contributed by atoms with van der Waals surface area (Å²) in [7, 11) is 0. The molecular weight excluding hydrogens is 302 g/mol. The van der Waals surface area contributed by atoms with Crippen LogP contribution in [0.2, 0.25) is 5.02 Å². The minimum atomic E-state index is -0.0738. The number of nitrogens with zero attached hydrogens (tertiary/aromatic N) is 2. The van der Waals surface area contributed by atoms with Gasteiger partial charge in [0, 0.05) is 24.2 Å². The van der Waals surface area contributed by atoms with Crippen molar-refractivity contribution in [2.45, 2.75) is 18.9 Å². The molecule has 1 atom stereocenters. The number of carbonyl (C=O) groups is 2. The van der Waals surface area contributed by atoms with Crippen LogP contribution in [0.25, 0.3) is 0 Å². The average molecular weight is 322 g/mol. The molecule has 1 unspecified atom stereocenters. The zero-order valence-electron chi connectivity index (χ0n) is 12.4. The SMILES string of the molecule is O=C1CN(C(=O)CN2CCCC2c2ccc(Cl)cc2)CCN1. The van der Waals surface area contributed by atoms with E-state index in [4.69, 9.17) is 11.6 Å². The Morgan fingerprint density at radius 1 is 1.27 bits per heavy atom. The predicted molar refractivity (Wildman–Crippen MR) is 84.6 cm³/mol. The molecule has 1 aromatic carbocycles. The fourth-order valence-electron chi connectivity index (χ4n) is 3.20. The molecule has 2 fully saturated rings. The summed E-state index contributed by atoms with van der Waals surface area (Å²) >= 11 is 5.94. The first-order valence-corrected chi connectivity index (χ1v) is 8.05. The zero-order valence-corrected chi connectivity index (χ0v) is 13.2. The summed E-state index contributed by atoms with van der Waals surface area (Å²) in [6, 6.07) is 8.11. The maximum Gasteiger partial charge on any atom is 0.239 e. The van der Waals surface area contributed by atoms with Gasteiger partial charge in [0.2, 0.25) is 11.8 Å². The Kier molecular flexibility index (Phi) is 4.64. The van der Waals surface area contributed by atoms with Crippen molar-refractivity contribution in [3.63, 3.8) is 0 Å². The number of hydrogen-bond donors (Lipinski definition) is 1. The molecule has 0 aliphatic carbocycles. The molecule has 0 saturated carbocycles. The molecule has 2 heterocycles. The Labute approximate surface area is 135 Å². The van der Waals surface area contributed by atoms with Gasteiger partial charge in [-0.05, 0) is 37.1 Å². The van der Waals surface area contributed by atoms with Crippen LogP contribution in [-0.4, -0.2) is 54.3 Å². The maximum atomic E-state index is 12.4. The molecule has 2 aliphatic heterocycles. The molecule has 22 heavy (non-hydrogen) atoms. The molecule has 0 spiro atoms. The lowest BCUT2D eigenvalue weighted by atomic mass is 10.0. The lowest BCUT2D eigenvalue weighted by Gasteiger charge is -2.30. The molecule has 5 nitrogen and oxygen atoms in total. The summed E-state index contributed by atoms with van der Waals surface area (Å²) in [5.41, 5.74) is 1.20. The van der Waals surface area contributed by atoms with E-state index in [1.54, 1.807) is 4.90 Å². The van der Waals surface area contributed by atoms with Crippen LogP contribution in [0.4, 0.5) is 0 Å². The van der Waals surface area contributed by atoms with Gasteiger partial charge in [-0.25, -0.2) is 0 Å². The van der Waals surface area contributed by atoms with Gasteiger partial charge >= 0.3 is 0 Å². The van der Waals surface area contributed by atoms with Gasteiger partial charge in [-0.2, -0.15) is 0 Å². The van der Waals surface area contributed by atoms with Gasteiger partial charge in [-0.3, -0.25) is 14.5 Å². The van der Waals surface area contributed by atoms with Gasteiger partial charge in [0.25, 0.3) is 0 Å². The summed E-state index contributed by atoms with van der Waals surface area (Å²) in [5.74, 6) is -0.0361. The van der Waals surface area contributed by atoms with Crippen molar-refractivity contribution >= 4 is 23.4 Å². The Morgan fingerprint density at radius 3 is 2.77 bits per heavy atom. The van der Waals surface area contributed by atoms with Crippen molar-refractivity contribution in [1.29, 1.82) is 0 Å². The Morgan fingerprint density at radius 2 is 2.05 bits per heavy atom. The van der Waals surface area contributed by atoms with E-state index in [1.807, 2.05) is 24.3 Å². The van der Waals surface area contributed by atoms with E-state index in [1.165, 1.54) is 5.56 Å². The van der Waals surface area contributed by atoms with E-state index < -0.39 is 0 Å². The Hall–Kier alpha value is -1.59. The minimum Gasteiger partial charge on any atom is -0.353 e. The molecule has 0 aromatic heterocycles. The van der Waals surface area contributed by atoms with Crippen LogP contribution >= 0.6 is 11.6 Å². The molecule has 2 aliphatic rings. The number of carbonyl (C=O) groups excluding carboxylic acids is 2. The lowest BCUT2D eigenvalue weighted by molar-refractivity contribution is -0.139. The summed E-state index contributed by atoms with van der Waals surface area (Å²) < 4.78 is 0. The molecule has 118 valence electrons. The molecule has 3 rings (SSSR count). The van der Waals surface area contributed by atoms with Crippen LogP contribution in [0.5, 0.6) is 0 Å². The van der Waals surface area contributed by atoms with Crippen LogP contribution in [0.15, 0.2) is 24.3 Å². The molecular formula is C16H20ClN3O2. The summed E-state index contributed by atoms with van der Waals surface area (Å²) in [6.45, 7) is 2.62. The lowest BCUT2D eigenvalue weighted by Crippen LogP contribution is -2.52. The van der Waals surface area contributed by atoms with Gasteiger partial charge in [0.1, 0.15) is 0 Å². The van der Waals surface area contributed by atoms with Crippen molar-refractivity contribution in [2.75, 3.05) is 32.7 Å². The highest BCUT2D eigenvalue weighted by Gasteiger charge is 2.30. The number of rotatable bonds is 3. The van der Waals surface area contributed by atoms with E-state index in [-0.39, 0.29) is 24.4 Å². The zero-order chi connectivity index (χ0) is 15.5. The van der Waals surface area contributed by atoms with Crippen molar-refractivity contribution in [2.24, 2.45) is 0 Å². The molecule has 6 heteroatoms. The van der Waals surface area contributed by atoms with E-state index in [9.17, 15) is 9.59 Å². The number of amides is 2. The first-order valence-electron chi connectivity index (χ1n) is 7.67. The standard InChI is InChI=1S/C16H20ClN3O2/c17-13-5-3-12(4-6-13)14-2-1-8-19(14)11-16(22)20-9-7-18-15(21)10-20/h3-6,14H,1-2,7-11H2,(H,18,21). The van der Waals surface area contributed by atoms with Crippen molar-refractivity contribution in [1.82, 2.24) is 15.1 Å². The number of piperazine rings is 1. The van der Waals surface area contributed by atoms with Crippen molar-refractivity contribution in [3.8, 4) is 0 Å². The largest absolute Gasteiger partial charge is 0.353 e. The molecule has 2 saturated heterocycles. The quantitative estimate of drug-likeness (QED) is 0.916. The highest BCUT2D eigenvalue weighted by molar-refractivity contribution is 6.30.